The molecule has 0 spiro atoms. The van der Waals surface area contributed by atoms with E-state index in [1.807, 2.05) is 54.8 Å². The number of carboxylic acids is 1. The van der Waals surface area contributed by atoms with E-state index in [9.17, 15) is 14.4 Å². The third-order valence-corrected chi connectivity index (χ3v) is 7.03. The summed E-state index contributed by atoms with van der Waals surface area (Å²) in [6.07, 6.45) is 3.54. The molecule has 1 aromatic carbocycles. The van der Waals surface area contributed by atoms with Gasteiger partial charge in [0.2, 0.25) is 11.8 Å². The molecule has 0 saturated heterocycles. The number of carboxylic acid groups (broad SMARTS) is 1. The van der Waals surface area contributed by atoms with Gasteiger partial charge < -0.3 is 30.5 Å². The number of nitrogens with zero attached hydrogens (tertiary/aromatic N) is 2. The highest BCUT2D eigenvalue weighted by molar-refractivity contribution is 5.93. The molecule has 2 amide bonds. The molecule has 2 unspecified atom stereocenters. The van der Waals surface area contributed by atoms with Crippen molar-refractivity contribution in [2.75, 3.05) is 33.0 Å². The number of hydrogen-bond acceptors (Lipinski definition) is 5. The maximum atomic E-state index is 13.7. The van der Waals surface area contributed by atoms with E-state index in [0.717, 1.165) is 22.2 Å². The van der Waals surface area contributed by atoms with E-state index >= 15 is 0 Å². The summed E-state index contributed by atoms with van der Waals surface area (Å²) in [5, 5.41) is 19.5. The highest BCUT2D eigenvalue weighted by Crippen LogP contribution is 2.36. The molecule has 0 aliphatic carbocycles. The second-order valence-electron chi connectivity index (χ2n) is 11.3. The third kappa shape index (κ3) is 6.52. The van der Waals surface area contributed by atoms with Crippen LogP contribution < -0.4 is 16.0 Å². The minimum absolute atomic E-state index is 0.130. The van der Waals surface area contributed by atoms with Gasteiger partial charge in [0.05, 0.1) is 11.6 Å². The third-order valence-electron chi connectivity index (χ3n) is 7.03. The Hall–Kier alpha value is -3.33. The zero-order valence-corrected chi connectivity index (χ0v) is 23.8. The standard InChI is InChI=1S/C28H43N5O4/c1-17(26(36)37)13-14-32(9)25(35)23(27(2,3)4)31-24(34)22(30-8)28(5,6)20-16-33(10)21-15-18(29-7)11-12-19(20)21/h11-13,15-16,22-23,29-30H,14H2,1-10H3,(H,31,34)(H,36,37)/b17-13+. The smallest absolute Gasteiger partial charge is 0.331 e. The van der Waals surface area contributed by atoms with Gasteiger partial charge in [0.1, 0.15) is 6.04 Å². The minimum Gasteiger partial charge on any atom is -0.478 e. The normalized spacial score (nSPS) is 14.3. The number of anilines is 1. The van der Waals surface area contributed by atoms with Crippen LogP contribution in [-0.4, -0.2) is 72.1 Å². The minimum atomic E-state index is -1.03. The van der Waals surface area contributed by atoms with Gasteiger partial charge in [-0.1, -0.05) is 46.8 Å². The lowest BCUT2D eigenvalue weighted by molar-refractivity contribution is -0.139. The number of benzene rings is 1. The van der Waals surface area contributed by atoms with Gasteiger partial charge in [0.25, 0.3) is 0 Å². The molecule has 1 aromatic heterocycles. The lowest BCUT2D eigenvalue weighted by atomic mass is 9.76. The first-order valence-corrected chi connectivity index (χ1v) is 12.5. The molecule has 0 aliphatic rings. The average molecular weight is 514 g/mol. The molecule has 0 bridgehead atoms. The number of rotatable bonds is 10. The molecule has 0 fully saturated rings. The zero-order valence-electron chi connectivity index (χ0n) is 23.8. The molecular formula is C28H43N5O4. The van der Waals surface area contributed by atoms with Crippen molar-refractivity contribution in [1.29, 1.82) is 0 Å². The predicted molar refractivity (Wildman–Crippen MR) is 149 cm³/mol. The molecule has 2 atom stereocenters. The first-order valence-electron chi connectivity index (χ1n) is 12.5. The van der Waals surface area contributed by atoms with E-state index in [1.165, 1.54) is 17.9 Å². The Morgan fingerprint density at radius 3 is 2.24 bits per heavy atom. The number of amides is 2. The highest BCUT2D eigenvalue weighted by atomic mass is 16.4. The second kappa shape index (κ2) is 11.4. The molecule has 1 heterocycles. The Kier molecular flexibility index (Phi) is 9.19. The predicted octanol–water partition coefficient (Wildman–Crippen LogP) is 3.11. The van der Waals surface area contributed by atoms with Gasteiger partial charge in [-0.2, -0.15) is 0 Å². The van der Waals surface area contributed by atoms with Gasteiger partial charge in [-0.15, -0.1) is 0 Å². The van der Waals surface area contributed by atoms with Gasteiger partial charge in [0, 0.05) is 55.9 Å². The van der Waals surface area contributed by atoms with Crippen molar-refractivity contribution in [3.63, 3.8) is 0 Å². The molecule has 2 aromatic rings. The van der Waals surface area contributed by atoms with E-state index < -0.39 is 28.9 Å². The average Bonchev–Trinajstić information content (AvgIpc) is 3.16. The summed E-state index contributed by atoms with van der Waals surface area (Å²) in [5.41, 5.74) is 2.05. The van der Waals surface area contributed by atoms with Crippen LogP contribution in [0.1, 0.15) is 47.1 Å². The van der Waals surface area contributed by atoms with Crippen LogP contribution in [-0.2, 0) is 26.8 Å². The Morgan fingerprint density at radius 1 is 1.11 bits per heavy atom. The lowest BCUT2D eigenvalue weighted by Gasteiger charge is -2.38. The largest absolute Gasteiger partial charge is 0.478 e. The van der Waals surface area contributed by atoms with Crippen molar-refractivity contribution in [2.24, 2.45) is 12.5 Å². The molecule has 0 radical (unpaired) electrons. The van der Waals surface area contributed by atoms with Gasteiger partial charge in [-0.3, -0.25) is 9.59 Å². The highest BCUT2D eigenvalue weighted by Gasteiger charge is 2.41. The van der Waals surface area contributed by atoms with Crippen LogP contribution in [0, 0.1) is 5.41 Å². The van der Waals surface area contributed by atoms with Gasteiger partial charge in [0.15, 0.2) is 0 Å². The summed E-state index contributed by atoms with van der Waals surface area (Å²) in [6, 6.07) is 4.72. The number of fused-ring (bicyclic) bond motifs is 1. The fraction of sp³-hybridized carbons (Fsp3) is 0.536. The summed E-state index contributed by atoms with van der Waals surface area (Å²) in [7, 11) is 7.22. The number of aromatic nitrogens is 1. The fourth-order valence-electron chi connectivity index (χ4n) is 4.57. The van der Waals surface area contributed by atoms with Gasteiger partial charge in [-0.25, -0.2) is 4.79 Å². The number of carbonyl (C=O) groups is 3. The molecule has 0 aliphatic heterocycles. The Morgan fingerprint density at radius 2 is 1.73 bits per heavy atom. The van der Waals surface area contributed by atoms with Gasteiger partial charge >= 0.3 is 5.97 Å². The Balaban J connectivity index is 2.38. The number of likely N-dealkylation sites (N-methyl/N-ethyl adjacent to an activating group) is 2. The summed E-state index contributed by atoms with van der Waals surface area (Å²) < 4.78 is 2.06. The van der Waals surface area contributed by atoms with Crippen LogP contribution >= 0.6 is 0 Å². The fourth-order valence-corrected chi connectivity index (χ4v) is 4.57. The molecule has 9 nitrogen and oxygen atoms in total. The van der Waals surface area contributed by atoms with E-state index in [4.69, 9.17) is 5.11 Å². The summed E-state index contributed by atoms with van der Waals surface area (Å²) in [6.45, 7) is 11.3. The topological polar surface area (TPSA) is 116 Å². The van der Waals surface area contributed by atoms with Crippen molar-refractivity contribution >= 4 is 34.4 Å². The van der Waals surface area contributed by atoms with Crippen molar-refractivity contribution in [3.05, 3.63) is 41.6 Å². The first kappa shape index (κ1) is 29.9. The van der Waals surface area contributed by atoms with Crippen molar-refractivity contribution in [1.82, 2.24) is 20.1 Å². The maximum Gasteiger partial charge on any atom is 0.331 e. The first-order chi connectivity index (χ1) is 17.1. The monoisotopic (exact) mass is 513 g/mol. The van der Waals surface area contributed by atoms with E-state index in [2.05, 4.69) is 38.8 Å². The number of nitrogens with one attached hydrogen (secondary N) is 3. The van der Waals surface area contributed by atoms with Crippen LogP contribution in [0.2, 0.25) is 0 Å². The Labute approximate surface area is 220 Å². The maximum absolute atomic E-state index is 13.7. The number of carbonyl (C=O) groups excluding carboxylic acids is 2. The molecule has 0 saturated carbocycles. The number of hydrogen-bond donors (Lipinski definition) is 4. The molecule has 9 heteroatoms. The second-order valence-corrected chi connectivity index (χ2v) is 11.3. The van der Waals surface area contributed by atoms with Crippen LogP contribution in [0.25, 0.3) is 10.9 Å². The number of aliphatic carboxylic acids is 1. The number of aryl methyl sites for hydroxylation is 1. The van der Waals surface area contributed by atoms with Crippen molar-refractivity contribution < 1.29 is 19.5 Å². The summed E-state index contributed by atoms with van der Waals surface area (Å²) in [4.78, 5) is 39.7. The van der Waals surface area contributed by atoms with Crippen LogP contribution in [0.3, 0.4) is 0 Å². The van der Waals surface area contributed by atoms with Crippen LogP contribution in [0.15, 0.2) is 36.0 Å². The lowest BCUT2D eigenvalue weighted by Crippen LogP contribution is -2.60. The Bertz CT molecular complexity index is 1190. The zero-order chi connectivity index (χ0) is 28.3. The van der Waals surface area contributed by atoms with E-state index in [1.54, 1.807) is 14.1 Å². The van der Waals surface area contributed by atoms with Gasteiger partial charge in [-0.05, 0) is 37.1 Å². The van der Waals surface area contributed by atoms with Crippen LogP contribution in [0.4, 0.5) is 5.69 Å². The van der Waals surface area contributed by atoms with E-state index in [-0.39, 0.29) is 23.9 Å². The quantitative estimate of drug-likeness (QED) is 0.363. The summed E-state index contributed by atoms with van der Waals surface area (Å²) in [5.74, 6) is -1.60. The van der Waals surface area contributed by atoms with Crippen LogP contribution in [0.5, 0.6) is 0 Å². The molecule has 204 valence electrons. The summed E-state index contributed by atoms with van der Waals surface area (Å²) >= 11 is 0. The van der Waals surface area contributed by atoms with Crippen molar-refractivity contribution in [3.8, 4) is 0 Å². The van der Waals surface area contributed by atoms with Crippen molar-refractivity contribution in [2.45, 2.75) is 59.0 Å². The molecular weight excluding hydrogens is 470 g/mol. The molecule has 4 N–H and O–H groups in total. The van der Waals surface area contributed by atoms with E-state index in [0.29, 0.717) is 0 Å². The molecule has 37 heavy (non-hydrogen) atoms. The SMILES string of the molecule is CNc1ccc2c(C(C)(C)C(NC)C(=O)NC(C(=O)N(C)C/C=C(\C)C(=O)O)C(C)(C)C)cn(C)c2c1. The molecule has 2 rings (SSSR count).